The zero-order chi connectivity index (χ0) is 7.33. The Bertz CT molecular complexity index is 99.6. The van der Waals surface area contributed by atoms with Gasteiger partial charge in [0.1, 0.15) is 22.0 Å². The fraction of sp³-hybridized carbons (Fsp3) is 0.333. The Morgan fingerprint density at radius 2 is 1.67 bits per heavy atom. The van der Waals surface area contributed by atoms with Gasteiger partial charge in [-0.15, -0.1) is 0 Å². The standard InChI is InChI=1S/C6H10BIP/c1-3-5-9(7,8)6-4-2/h3-4H,1-2,5-6H2/q+1. The minimum absolute atomic E-state index is 0.944. The molecule has 0 aliphatic rings. The Morgan fingerprint density at radius 1 is 1.33 bits per heavy atom. The van der Waals surface area contributed by atoms with Gasteiger partial charge in [0.2, 0.25) is 0 Å². The van der Waals surface area contributed by atoms with Crippen molar-refractivity contribution in [2.45, 2.75) is 0 Å². The van der Waals surface area contributed by atoms with Crippen LogP contribution in [0.1, 0.15) is 0 Å². The summed E-state index contributed by atoms with van der Waals surface area (Å²) in [6.07, 6.45) is 5.65. The normalized spacial score (nSPS) is 10.8. The SMILES string of the molecule is [B][P+](I)(CC=C)CC=C. The van der Waals surface area contributed by atoms with Crippen molar-refractivity contribution < 1.29 is 0 Å². The van der Waals surface area contributed by atoms with Gasteiger partial charge in [-0.3, -0.25) is 0 Å². The molecule has 0 amide bonds. The van der Waals surface area contributed by atoms with Crippen LogP contribution in [-0.4, -0.2) is 19.9 Å². The molecule has 0 saturated heterocycles. The minimum Gasteiger partial charge on any atom is -0.0995 e. The van der Waals surface area contributed by atoms with Gasteiger partial charge in [0, 0.05) is 4.78 Å². The van der Waals surface area contributed by atoms with Crippen LogP contribution in [0.25, 0.3) is 0 Å². The van der Waals surface area contributed by atoms with Crippen molar-refractivity contribution in [1.82, 2.24) is 0 Å². The summed E-state index contributed by atoms with van der Waals surface area (Å²) in [5.74, 6) is 0. The van der Waals surface area contributed by atoms with Gasteiger partial charge in [0.05, 0.1) is 12.3 Å². The molecule has 0 fully saturated rings. The van der Waals surface area contributed by atoms with E-state index in [0.29, 0.717) is 0 Å². The molecule has 0 aliphatic heterocycles. The first kappa shape index (κ1) is 9.70. The van der Waals surface area contributed by atoms with E-state index in [1.807, 2.05) is 12.2 Å². The van der Waals surface area contributed by atoms with Crippen LogP contribution in [0.4, 0.5) is 0 Å². The maximum Gasteiger partial charge on any atom is 0.376 e. The molecule has 0 saturated carbocycles. The highest BCUT2D eigenvalue weighted by Gasteiger charge is 2.24. The van der Waals surface area contributed by atoms with Crippen LogP contribution in [0.15, 0.2) is 25.3 Å². The van der Waals surface area contributed by atoms with E-state index in [1.165, 1.54) is 0 Å². The molecule has 0 nitrogen and oxygen atoms in total. The zero-order valence-electron chi connectivity index (χ0n) is 5.39. The first-order valence-corrected chi connectivity index (χ1v) is 7.71. The summed E-state index contributed by atoms with van der Waals surface area (Å²) in [6, 6.07) is 0. The third-order valence-corrected chi connectivity index (χ3v) is 4.96. The molecule has 0 aromatic heterocycles. The van der Waals surface area contributed by atoms with Gasteiger partial charge in [-0.05, 0) is 0 Å². The van der Waals surface area contributed by atoms with Gasteiger partial charge in [-0.1, -0.05) is 25.3 Å². The summed E-state index contributed by atoms with van der Waals surface area (Å²) in [5, 5.41) is 0. The molecule has 3 heteroatoms. The quantitative estimate of drug-likeness (QED) is 0.312. The molecule has 48 valence electrons. The second-order valence-electron chi connectivity index (χ2n) is 1.87. The van der Waals surface area contributed by atoms with E-state index < -0.39 is 4.78 Å². The summed E-state index contributed by atoms with van der Waals surface area (Å²) in [4.78, 5) is -1.21. The molecule has 0 aliphatic carbocycles. The molecule has 0 bridgehead atoms. The number of rotatable bonds is 4. The Hall–Kier alpha value is 0.705. The summed E-state index contributed by atoms with van der Waals surface area (Å²) >= 11 is 2.32. The van der Waals surface area contributed by atoms with Gasteiger partial charge in [0.15, 0.2) is 0 Å². The van der Waals surface area contributed by atoms with Crippen molar-refractivity contribution in [3.63, 3.8) is 0 Å². The molecule has 0 heterocycles. The van der Waals surface area contributed by atoms with Crippen LogP contribution in [0.2, 0.25) is 0 Å². The van der Waals surface area contributed by atoms with Crippen molar-refractivity contribution in [3.05, 3.63) is 25.3 Å². The lowest BCUT2D eigenvalue weighted by Crippen LogP contribution is -1.90. The Morgan fingerprint density at radius 3 is 1.89 bits per heavy atom. The van der Waals surface area contributed by atoms with Crippen LogP contribution in [0.3, 0.4) is 0 Å². The lowest BCUT2D eigenvalue weighted by atomic mass is 10.7. The Balaban J connectivity index is 3.68. The van der Waals surface area contributed by atoms with Gasteiger partial charge in [-0.25, -0.2) is 0 Å². The smallest absolute Gasteiger partial charge is 0.0995 e. The van der Waals surface area contributed by atoms with Crippen LogP contribution in [0, 0.1) is 0 Å². The number of halogens is 1. The Labute approximate surface area is 72.0 Å². The number of hydrogen-bond acceptors (Lipinski definition) is 0. The van der Waals surface area contributed by atoms with E-state index >= 15 is 0 Å². The summed E-state index contributed by atoms with van der Waals surface area (Å²) in [5.41, 5.74) is 0. The fourth-order valence-electron chi connectivity index (χ4n) is 0.504. The molecule has 0 N–H and O–H groups in total. The van der Waals surface area contributed by atoms with E-state index in [9.17, 15) is 0 Å². The summed E-state index contributed by atoms with van der Waals surface area (Å²) < 4.78 is 0. The van der Waals surface area contributed by atoms with Gasteiger partial charge >= 0.3 is 7.57 Å². The van der Waals surface area contributed by atoms with Crippen LogP contribution >= 0.6 is 26.8 Å². The highest BCUT2D eigenvalue weighted by atomic mass is 127. The van der Waals surface area contributed by atoms with Crippen molar-refractivity contribution >= 4 is 34.4 Å². The predicted octanol–water partition coefficient (Wildman–Crippen LogP) is 2.81. The minimum atomic E-state index is -1.21. The lowest BCUT2D eigenvalue weighted by Gasteiger charge is -2.08. The Kier molecular flexibility index (Phi) is 4.86. The molecule has 0 unspecified atom stereocenters. The first-order valence-electron chi connectivity index (χ1n) is 2.69. The number of hydrogen-bond donors (Lipinski definition) is 0. The van der Waals surface area contributed by atoms with Crippen molar-refractivity contribution in [2.24, 2.45) is 0 Å². The van der Waals surface area contributed by atoms with Gasteiger partial charge < -0.3 is 0 Å². The monoisotopic (exact) mass is 251 g/mol. The largest absolute Gasteiger partial charge is 0.376 e. The van der Waals surface area contributed by atoms with E-state index in [-0.39, 0.29) is 0 Å². The maximum atomic E-state index is 5.89. The molecule has 0 aromatic rings. The van der Waals surface area contributed by atoms with Crippen LogP contribution < -0.4 is 0 Å². The molecule has 0 aromatic carbocycles. The van der Waals surface area contributed by atoms with Crippen LogP contribution in [0.5, 0.6) is 0 Å². The molecule has 9 heavy (non-hydrogen) atoms. The summed E-state index contributed by atoms with van der Waals surface area (Å²) in [7, 11) is 5.89. The van der Waals surface area contributed by atoms with E-state index in [2.05, 4.69) is 35.2 Å². The fourth-order valence-corrected chi connectivity index (χ4v) is 3.18. The highest BCUT2D eigenvalue weighted by molar-refractivity contribution is 14.2. The topological polar surface area (TPSA) is 0 Å². The molecule has 0 spiro atoms. The average Bonchev–Trinajstić information content (AvgIpc) is 1.64. The van der Waals surface area contributed by atoms with Crippen LogP contribution in [-0.2, 0) is 0 Å². The molecular weight excluding hydrogens is 241 g/mol. The second kappa shape index (κ2) is 4.51. The van der Waals surface area contributed by atoms with E-state index in [1.54, 1.807) is 0 Å². The van der Waals surface area contributed by atoms with Gasteiger partial charge in [-0.2, -0.15) is 0 Å². The molecule has 0 rings (SSSR count). The van der Waals surface area contributed by atoms with E-state index in [4.69, 9.17) is 7.57 Å². The van der Waals surface area contributed by atoms with Crippen molar-refractivity contribution in [3.8, 4) is 0 Å². The molecule has 2 radical (unpaired) electrons. The molecular formula is C6H10BIP+. The zero-order valence-corrected chi connectivity index (χ0v) is 8.44. The average molecular weight is 251 g/mol. The van der Waals surface area contributed by atoms with Crippen molar-refractivity contribution in [2.75, 3.05) is 12.3 Å². The third-order valence-electron chi connectivity index (χ3n) is 0.865. The third kappa shape index (κ3) is 5.16. The summed E-state index contributed by atoms with van der Waals surface area (Å²) in [6.45, 7) is 7.27. The number of allylic oxidation sites excluding steroid dienone is 2. The van der Waals surface area contributed by atoms with E-state index in [0.717, 1.165) is 12.3 Å². The molecule has 0 atom stereocenters. The second-order valence-corrected chi connectivity index (χ2v) is 10.2. The first-order chi connectivity index (χ1) is 4.12. The maximum absolute atomic E-state index is 5.89. The predicted molar refractivity (Wildman–Crippen MR) is 56.8 cm³/mol. The van der Waals surface area contributed by atoms with Crippen molar-refractivity contribution in [1.29, 1.82) is 0 Å². The lowest BCUT2D eigenvalue weighted by molar-refractivity contribution is 1.70. The van der Waals surface area contributed by atoms with Gasteiger partial charge in [0.25, 0.3) is 0 Å². The highest BCUT2D eigenvalue weighted by Crippen LogP contribution is 2.62.